The van der Waals surface area contributed by atoms with Crippen LogP contribution in [0.5, 0.6) is 0 Å². The highest BCUT2D eigenvalue weighted by Gasteiger charge is 2.14. The lowest BCUT2D eigenvalue weighted by Crippen LogP contribution is -1.94. The van der Waals surface area contributed by atoms with Crippen molar-refractivity contribution in [2.24, 2.45) is 0 Å². The fraction of sp³-hybridized carbons (Fsp3) is 0.0769. The van der Waals surface area contributed by atoms with Gasteiger partial charge >= 0.3 is 0 Å². The number of fused-ring (bicyclic) bond motifs is 1. The molecule has 0 aliphatic carbocycles. The van der Waals surface area contributed by atoms with Crippen molar-refractivity contribution in [3.63, 3.8) is 0 Å². The first-order chi connectivity index (χ1) is 10.1. The molecule has 3 rings (SSSR count). The topological polar surface area (TPSA) is 68.9 Å². The first-order valence-electron chi connectivity index (χ1n) is 5.91. The third kappa shape index (κ3) is 2.99. The van der Waals surface area contributed by atoms with E-state index in [4.69, 9.17) is 11.6 Å². The number of thiophene rings is 1. The summed E-state index contributed by atoms with van der Waals surface area (Å²) in [4.78, 5) is 20.6. The van der Waals surface area contributed by atoms with Gasteiger partial charge in [-0.05, 0) is 17.5 Å². The molecule has 0 radical (unpaired) electrons. The molecule has 0 aliphatic heterocycles. The minimum absolute atomic E-state index is 0.0887. The summed E-state index contributed by atoms with van der Waals surface area (Å²) < 4.78 is 0. The maximum absolute atomic E-state index is 11.0. The number of benzene rings is 1. The van der Waals surface area contributed by atoms with Crippen molar-refractivity contribution in [2.45, 2.75) is 10.6 Å². The van der Waals surface area contributed by atoms with E-state index in [0.717, 1.165) is 10.2 Å². The molecular formula is C13H8ClN3O2S2. The number of hydrogen-bond donors (Lipinski definition) is 0. The van der Waals surface area contributed by atoms with Gasteiger partial charge in [0.05, 0.1) is 15.6 Å². The molecule has 106 valence electrons. The lowest BCUT2D eigenvalue weighted by molar-refractivity contribution is -0.387. The number of nitro groups is 1. The van der Waals surface area contributed by atoms with Crippen LogP contribution in [0.25, 0.3) is 10.2 Å². The maximum atomic E-state index is 11.0. The van der Waals surface area contributed by atoms with Crippen LogP contribution in [0.1, 0.15) is 5.82 Å². The number of thioether (sulfide) groups is 1. The molecule has 0 bridgehead atoms. The Morgan fingerprint density at radius 2 is 2.10 bits per heavy atom. The SMILES string of the molecule is O=[N+]([O-])c1ccccc1SCc1nc(Cl)c2ccsc2n1. The molecule has 8 heteroatoms. The van der Waals surface area contributed by atoms with Gasteiger partial charge in [0.2, 0.25) is 0 Å². The molecule has 0 amide bonds. The molecule has 21 heavy (non-hydrogen) atoms. The number of nitro benzene ring substituents is 1. The largest absolute Gasteiger partial charge is 0.282 e. The second kappa shape index (κ2) is 5.97. The Morgan fingerprint density at radius 1 is 1.29 bits per heavy atom. The average molecular weight is 338 g/mol. The van der Waals surface area contributed by atoms with E-state index >= 15 is 0 Å². The maximum Gasteiger partial charge on any atom is 0.282 e. The van der Waals surface area contributed by atoms with Gasteiger partial charge in [-0.3, -0.25) is 10.1 Å². The molecule has 0 N–H and O–H groups in total. The summed E-state index contributed by atoms with van der Waals surface area (Å²) in [5, 5.41) is 14.1. The normalized spacial score (nSPS) is 10.9. The third-order valence-corrected chi connectivity index (χ3v) is 4.90. The van der Waals surface area contributed by atoms with Gasteiger partial charge in [0, 0.05) is 11.5 Å². The van der Waals surface area contributed by atoms with Gasteiger partial charge in [-0.25, -0.2) is 9.97 Å². The summed E-state index contributed by atoms with van der Waals surface area (Å²) in [6.45, 7) is 0. The van der Waals surface area contributed by atoms with Crippen molar-refractivity contribution in [3.8, 4) is 0 Å². The molecular weight excluding hydrogens is 330 g/mol. The fourth-order valence-corrected chi connectivity index (χ4v) is 3.77. The van der Waals surface area contributed by atoms with Crippen LogP contribution in [0.2, 0.25) is 5.15 Å². The average Bonchev–Trinajstić information content (AvgIpc) is 2.94. The van der Waals surface area contributed by atoms with Gasteiger partial charge in [-0.15, -0.1) is 23.1 Å². The van der Waals surface area contributed by atoms with Gasteiger partial charge in [0.15, 0.2) is 0 Å². The summed E-state index contributed by atoms with van der Waals surface area (Å²) in [5.41, 5.74) is 0.0887. The highest BCUT2D eigenvalue weighted by atomic mass is 35.5. The molecule has 3 aromatic rings. The molecule has 0 saturated carbocycles. The number of nitrogens with zero attached hydrogens (tertiary/aromatic N) is 3. The summed E-state index contributed by atoms with van der Waals surface area (Å²) in [6, 6.07) is 8.49. The van der Waals surface area contributed by atoms with Crippen molar-refractivity contribution < 1.29 is 4.92 Å². The van der Waals surface area contributed by atoms with Crippen molar-refractivity contribution in [1.82, 2.24) is 9.97 Å². The van der Waals surface area contributed by atoms with E-state index in [2.05, 4.69) is 9.97 Å². The van der Waals surface area contributed by atoms with Crippen molar-refractivity contribution in [3.05, 3.63) is 56.8 Å². The van der Waals surface area contributed by atoms with Gasteiger partial charge < -0.3 is 0 Å². The summed E-state index contributed by atoms with van der Waals surface area (Å²) in [7, 11) is 0. The standard InChI is InChI=1S/C13H8ClN3O2S2/c14-12-8-5-6-20-13(8)16-11(15-12)7-21-10-4-2-1-3-9(10)17(18)19/h1-6H,7H2. The van der Waals surface area contributed by atoms with E-state index in [1.807, 2.05) is 11.4 Å². The smallest absolute Gasteiger partial charge is 0.258 e. The Morgan fingerprint density at radius 3 is 2.90 bits per heavy atom. The van der Waals surface area contributed by atoms with Gasteiger partial charge in [-0.1, -0.05) is 23.7 Å². The molecule has 5 nitrogen and oxygen atoms in total. The Hall–Kier alpha value is -1.70. The van der Waals surface area contributed by atoms with Crippen LogP contribution in [0.3, 0.4) is 0 Å². The monoisotopic (exact) mass is 337 g/mol. The Bertz CT molecular complexity index is 822. The molecule has 2 aromatic heterocycles. The van der Waals surface area contributed by atoms with Gasteiger partial charge in [-0.2, -0.15) is 0 Å². The highest BCUT2D eigenvalue weighted by molar-refractivity contribution is 7.98. The Balaban J connectivity index is 1.85. The number of hydrogen-bond acceptors (Lipinski definition) is 6. The zero-order valence-electron chi connectivity index (χ0n) is 10.5. The predicted molar refractivity (Wildman–Crippen MR) is 85.1 cm³/mol. The van der Waals surface area contributed by atoms with E-state index in [1.54, 1.807) is 18.2 Å². The zero-order chi connectivity index (χ0) is 14.8. The quantitative estimate of drug-likeness (QED) is 0.302. The predicted octanol–water partition coefficient (Wildman–Crippen LogP) is 4.55. The van der Waals surface area contributed by atoms with Crippen LogP contribution in [-0.4, -0.2) is 14.9 Å². The molecule has 0 spiro atoms. The zero-order valence-corrected chi connectivity index (χ0v) is 12.9. The third-order valence-electron chi connectivity index (χ3n) is 2.74. The molecule has 1 aromatic carbocycles. The molecule has 0 unspecified atom stereocenters. The van der Waals surface area contributed by atoms with E-state index in [0.29, 0.717) is 21.6 Å². The summed E-state index contributed by atoms with van der Waals surface area (Å²) in [6.07, 6.45) is 0. The van der Waals surface area contributed by atoms with Crippen LogP contribution in [0.4, 0.5) is 5.69 Å². The van der Waals surface area contributed by atoms with Crippen LogP contribution in [0, 0.1) is 10.1 Å². The van der Waals surface area contributed by atoms with Crippen LogP contribution in [-0.2, 0) is 5.75 Å². The Labute approximate surface area is 133 Å². The first kappa shape index (κ1) is 14.2. The summed E-state index contributed by atoms with van der Waals surface area (Å²) in [5.74, 6) is 0.997. The van der Waals surface area contributed by atoms with E-state index in [9.17, 15) is 10.1 Å². The second-order valence-electron chi connectivity index (χ2n) is 4.08. The van der Waals surface area contributed by atoms with E-state index < -0.39 is 4.92 Å². The lowest BCUT2D eigenvalue weighted by atomic mass is 10.3. The number of halogens is 1. The summed E-state index contributed by atoms with van der Waals surface area (Å²) >= 11 is 8.93. The van der Waals surface area contributed by atoms with Crippen molar-refractivity contribution in [2.75, 3.05) is 0 Å². The Kier molecular flexibility index (Phi) is 4.05. The van der Waals surface area contributed by atoms with Gasteiger partial charge in [0.1, 0.15) is 15.8 Å². The highest BCUT2D eigenvalue weighted by Crippen LogP contribution is 2.32. The number of para-hydroxylation sites is 1. The van der Waals surface area contributed by atoms with E-state index in [-0.39, 0.29) is 5.69 Å². The van der Waals surface area contributed by atoms with Crippen LogP contribution < -0.4 is 0 Å². The molecule has 2 heterocycles. The minimum Gasteiger partial charge on any atom is -0.258 e. The van der Waals surface area contributed by atoms with Crippen molar-refractivity contribution >= 4 is 50.6 Å². The van der Waals surface area contributed by atoms with Crippen molar-refractivity contribution in [1.29, 1.82) is 0 Å². The molecule has 0 aliphatic rings. The number of rotatable bonds is 4. The van der Waals surface area contributed by atoms with Gasteiger partial charge in [0.25, 0.3) is 5.69 Å². The van der Waals surface area contributed by atoms with Crippen LogP contribution >= 0.6 is 34.7 Å². The number of aromatic nitrogens is 2. The fourth-order valence-electron chi connectivity index (χ4n) is 1.80. The molecule has 0 fully saturated rings. The minimum atomic E-state index is -0.390. The second-order valence-corrected chi connectivity index (χ2v) is 6.35. The first-order valence-corrected chi connectivity index (χ1v) is 8.15. The lowest BCUT2D eigenvalue weighted by Gasteiger charge is -2.03. The van der Waals surface area contributed by atoms with E-state index in [1.165, 1.54) is 29.2 Å². The molecule has 0 saturated heterocycles. The van der Waals surface area contributed by atoms with Crippen LogP contribution in [0.15, 0.2) is 40.6 Å². The molecule has 0 atom stereocenters.